The Morgan fingerprint density at radius 2 is 1.31 bits per heavy atom. The lowest BCUT2D eigenvalue weighted by Crippen LogP contribution is -1.80. The van der Waals surface area contributed by atoms with E-state index in [0.717, 1.165) is 0 Å². The predicted molar refractivity (Wildman–Crippen MR) is 68.8 cm³/mol. The van der Waals surface area contributed by atoms with Crippen molar-refractivity contribution in [3.05, 3.63) is 11.1 Å². The van der Waals surface area contributed by atoms with Crippen molar-refractivity contribution >= 4 is 31.9 Å². The third-order valence-electron chi connectivity index (χ3n) is 2.09. The van der Waals surface area contributed by atoms with E-state index in [9.17, 15) is 0 Å². The molecule has 13 heavy (non-hydrogen) atoms. The molecule has 0 bridgehead atoms. The van der Waals surface area contributed by atoms with Crippen molar-refractivity contribution in [2.24, 2.45) is 0 Å². The summed E-state index contributed by atoms with van der Waals surface area (Å²) in [4.78, 5) is 1.96. The summed E-state index contributed by atoms with van der Waals surface area (Å²) in [5.41, 5.74) is 0. The Hall–Kier alpha value is 0.700. The molecular weight excluding hydrogens is 292 g/mol. The summed E-state index contributed by atoms with van der Waals surface area (Å²) in [6, 6.07) is 0. The standard InChI is InChI=1S/C11H20Br2/c12-10-8-6-4-2-1-3-5-7-9-11-13/h8,10H,1-7,9,11H2. The molecule has 0 fully saturated rings. The lowest BCUT2D eigenvalue weighted by molar-refractivity contribution is 0.594. The number of allylic oxidation sites excluding steroid dienone is 1. The molecule has 0 rings (SSSR count). The molecular formula is C11H20Br2. The van der Waals surface area contributed by atoms with E-state index in [2.05, 4.69) is 37.9 Å². The van der Waals surface area contributed by atoms with Crippen LogP contribution in [-0.2, 0) is 0 Å². The van der Waals surface area contributed by atoms with Gasteiger partial charge in [0.1, 0.15) is 0 Å². The van der Waals surface area contributed by atoms with Gasteiger partial charge in [-0.3, -0.25) is 0 Å². The fourth-order valence-electron chi connectivity index (χ4n) is 1.30. The highest BCUT2D eigenvalue weighted by atomic mass is 79.9. The molecule has 0 radical (unpaired) electrons. The molecule has 2 heteroatoms. The van der Waals surface area contributed by atoms with Gasteiger partial charge in [-0.25, -0.2) is 0 Å². The first-order chi connectivity index (χ1) is 6.41. The maximum Gasteiger partial charge on any atom is 0.00313 e. The summed E-state index contributed by atoms with van der Waals surface area (Å²) in [7, 11) is 0. The Bertz CT molecular complexity index is 111. The fraction of sp³-hybridized carbons (Fsp3) is 0.818. The molecule has 0 aliphatic heterocycles. The molecule has 0 aliphatic carbocycles. The van der Waals surface area contributed by atoms with Crippen LogP contribution in [0.4, 0.5) is 0 Å². The summed E-state index contributed by atoms with van der Waals surface area (Å²) in [5.74, 6) is 0. The zero-order valence-electron chi connectivity index (χ0n) is 8.27. The van der Waals surface area contributed by atoms with Crippen molar-refractivity contribution in [1.29, 1.82) is 0 Å². The van der Waals surface area contributed by atoms with Crippen LogP contribution >= 0.6 is 31.9 Å². The van der Waals surface area contributed by atoms with Crippen LogP contribution in [0.15, 0.2) is 11.1 Å². The first-order valence-corrected chi connectivity index (χ1v) is 7.26. The van der Waals surface area contributed by atoms with Crippen LogP contribution in [0, 0.1) is 0 Å². The van der Waals surface area contributed by atoms with Crippen LogP contribution in [0.25, 0.3) is 0 Å². The highest BCUT2D eigenvalue weighted by molar-refractivity contribution is 9.11. The molecule has 0 N–H and O–H groups in total. The molecule has 0 saturated carbocycles. The summed E-state index contributed by atoms with van der Waals surface area (Å²) in [6.45, 7) is 0. The minimum atomic E-state index is 1.17. The zero-order valence-corrected chi connectivity index (χ0v) is 11.4. The average Bonchev–Trinajstić information content (AvgIpc) is 2.16. The van der Waals surface area contributed by atoms with E-state index in [1.165, 1.54) is 56.7 Å². The van der Waals surface area contributed by atoms with Crippen LogP contribution < -0.4 is 0 Å². The number of hydrogen-bond donors (Lipinski definition) is 0. The molecule has 0 aromatic rings. The Kier molecular flexibility index (Phi) is 13.4. The van der Waals surface area contributed by atoms with Crippen molar-refractivity contribution < 1.29 is 0 Å². The Labute approximate surface area is 99.4 Å². The van der Waals surface area contributed by atoms with Crippen molar-refractivity contribution in [1.82, 2.24) is 0 Å². The maximum absolute atomic E-state index is 3.45. The van der Waals surface area contributed by atoms with Gasteiger partial charge in [-0.1, -0.05) is 70.0 Å². The molecule has 0 aromatic carbocycles. The highest BCUT2D eigenvalue weighted by Gasteiger charge is 1.90. The van der Waals surface area contributed by atoms with Gasteiger partial charge in [0.05, 0.1) is 0 Å². The smallest absolute Gasteiger partial charge is 0.00313 e. The van der Waals surface area contributed by atoms with E-state index in [1.54, 1.807) is 0 Å². The van der Waals surface area contributed by atoms with Crippen LogP contribution in [0.2, 0.25) is 0 Å². The second-order valence-corrected chi connectivity index (χ2v) is 4.64. The Balaban J connectivity index is 2.83. The molecule has 0 spiro atoms. The molecule has 0 heterocycles. The average molecular weight is 312 g/mol. The number of halogens is 2. The van der Waals surface area contributed by atoms with Gasteiger partial charge in [0.25, 0.3) is 0 Å². The summed E-state index contributed by atoms with van der Waals surface area (Å²) >= 11 is 6.72. The van der Waals surface area contributed by atoms with Crippen molar-refractivity contribution in [3.63, 3.8) is 0 Å². The number of unbranched alkanes of at least 4 members (excludes halogenated alkanes) is 7. The first-order valence-electron chi connectivity index (χ1n) is 5.23. The second-order valence-electron chi connectivity index (χ2n) is 3.31. The van der Waals surface area contributed by atoms with Gasteiger partial charge in [0.2, 0.25) is 0 Å². The molecule has 0 atom stereocenters. The van der Waals surface area contributed by atoms with Crippen LogP contribution in [0.5, 0.6) is 0 Å². The Morgan fingerprint density at radius 3 is 1.85 bits per heavy atom. The minimum Gasteiger partial charge on any atom is -0.0928 e. The quantitative estimate of drug-likeness (QED) is 0.394. The molecule has 0 nitrogen and oxygen atoms in total. The van der Waals surface area contributed by atoms with Crippen LogP contribution in [-0.4, -0.2) is 5.33 Å². The highest BCUT2D eigenvalue weighted by Crippen LogP contribution is 2.09. The van der Waals surface area contributed by atoms with E-state index in [-0.39, 0.29) is 0 Å². The van der Waals surface area contributed by atoms with Crippen LogP contribution in [0.1, 0.15) is 51.4 Å². The van der Waals surface area contributed by atoms with E-state index in [1.807, 2.05) is 4.99 Å². The van der Waals surface area contributed by atoms with Gasteiger partial charge in [0.15, 0.2) is 0 Å². The number of hydrogen-bond acceptors (Lipinski definition) is 0. The third kappa shape index (κ3) is 12.7. The minimum absolute atomic E-state index is 1.17. The molecule has 0 aromatic heterocycles. The normalized spacial score (nSPS) is 11.2. The monoisotopic (exact) mass is 310 g/mol. The van der Waals surface area contributed by atoms with Gasteiger partial charge in [-0.15, -0.1) is 0 Å². The molecule has 0 aliphatic rings. The third-order valence-corrected chi connectivity index (χ3v) is 3.03. The maximum atomic E-state index is 3.45. The van der Waals surface area contributed by atoms with E-state index in [4.69, 9.17) is 0 Å². The SMILES string of the molecule is BrC=CCCCCCCCCCBr. The summed E-state index contributed by atoms with van der Waals surface area (Å²) < 4.78 is 0. The van der Waals surface area contributed by atoms with Gasteiger partial charge in [0, 0.05) is 5.33 Å². The van der Waals surface area contributed by atoms with Gasteiger partial charge < -0.3 is 0 Å². The Morgan fingerprint density at radius 1 is 0.769 bits per heavy atom. The van der Waals surface area contributed by atoms with E-state index in [0.29, 0.717) is 0 Å². The predicted octanol–water partition coefficient (Wildman–Crippen LogP) is 5.41. The lowest BCUT2D eigenvalue weighted by atomic mass is 10.1. The molecule has 0 unspecified atom stereocenters. The van der Waals surface area contributed by atoms with Crippen molar-refractivity contribution in [2.45, 2.75) is 51.4 Å². The molecule has 0 amide bonds. The summed E-state index contributed by atoms with van der Waals surface area (Å²) in [6.07, 6.45) is 13.1. The van der Waals surface area contributed by atoms with E-state index < -0.39 is 0 Å². The van der Waals surface area contributed by atoms with Crippen LogP contribution in [0.3, 0.4) is 0 Å². The number of rotatable bonds is 9. The van der Waals surface area contributed by atoms with Gasteiger partial charge in [-0.2, -0.15) is 0 Å². The topological polar surface area (TPSA) is 0 Å². The van der Waals surface area contributed by atoms with Crippen molar-refractivity contribution in [2.75, 3.05) is 5.33 Å². The van der Waals surface area contributed by atoms with E-state index >= 15 is 0 Å². The lowest BCUT2D eigenvalue weighted by Gasteiger charge is -1.99. The second kappa shape index (κ2) is 12.7. The fourth-order valence-corrected chi connectivity index (χ4v) is 1.96. The first kappa shape index (κ1) is 13.7. The van der Waals surface area contributed by atoms with Gasteiger partial charge >= 0.3 is 0 Å². The van der Waals surface area contributed by atoms with Crippen molar-refractivity contribution in [3.8, 4) is 0 Å². The number of alkyl halides is 1. The van der Waals surface area contributed by atoms with Gasteiger partial charge in [-0.05, 0) is 24.2 Å². The molecule has 0 saturated heterocycles. The largest absolute Gasteiger partial charge is 0.0928 e. The summed E-state index contributed by atoms with van der Waals surface area (Å²) in [5, 5.41) is 1.17. The zero-order chi connectivity index (χ0) is 9.78. The molecule has 78 valence electrons.